The molecule has 0 saturated carbocycles. The van der Waals surface area contributed by atoms with E-state index in [9.17, 15) is 8.78 Å². The smallest absolute Gasteiger partial charge is 0.154 e. The molecule has 2 N–H and O–H groups in total. The Morgan fingerprint density at radius 2 is 2.15 bits per heavy atom. The van der Waals surface area contributed by atoms with Crippen LogP contribution in [0.2, 0.25) is 0 Å². The summed E-state index contributed by atoms with van der Waals surface area (Å²) in [5, 5.41) is 9.93. The lowest BCUT2D eigenvalue weighted by molar-refractivity contribution is 0.575. The summed E-state index contributed by atoms with van der Waals surface area (Å²) in [4.78, 5) is -0.186. The minimum Gasteiger partial charge on any atom is -0.395 e. The molecule has 0 unspecified atom stereocenters. The number of nitrogen functional groups attached to an aromatic ring is 1. The molecule has 6 heteroatoms. The third-order valence-electron chi connectivity index (χ3n) is 1.31. The average molecular weight is 265 g/mol. The second-order valence-corrected chi connectivity index (χ2v) is 3.74. The summed E-state index contributed by atoms with van der Waals surface area (Å²) in [5.74, 6) is -1.46. The third kappa shape index (κ3) is 1.92. The van der Waals surface area contributed by atoms with E-state index in [-0.39, 0.29) is 15.1 Å². The van der Waals surface area contributed by atoms with Crippen LogP contribution in [0.15, 0.2) is 15.4 Å². The Morgan fingerprint density at radius 3 is 2.69 bits per heavy atom. The maximum absolute atomic E-state index is 13.2. The van der Waals surface area contributed by atoms with Crippen molar-refractivity contribution < 1.29 is 8.78 Å². The minimum absolute atomic E-state index is 0.0445. The number of benzene rings is 1. The van der Waals surface area contributed by atoms with Gasteiger partial charge < -0.3 is 5.73 Å². The second kappa shape index (κ2) is 3.94. The lowest BCUT2D eigenvalue weighted by Gasteiger charge is -2.04. The second-order valence-electron chi connectivity index (χ2n) is 2.09. The maximum atomic E-state index is 13.2. The Hall–Kier alpha value is -0.800. The van der Waals surface area contributed by atoms with E-state index in [1.165, 1.54) is 0 Å². The highest BCUT2D eigenvalue weighted by molar-refractivity contribution is 9.10. The first kappa shape index (κ1) is 10.3. The molecule has 0 aliphatic rings. The van der Waals surface area contributed by atoms with Crippen molar-refractivity contribution >= 4 is 33.4 Å². The van der Waals surface area contributed by atoms with Gasteiger partial charge in [-0.1, -0.05) is 0 Å². The number of nitrogens with zero attached hydrogens (tertiary/aromatic N) is 1. The predicted molar refractivity (Wildman–Crippen MR) is 49.9 cm³/mol. The molecule has 0 fully saturated rings. The summed E-state index contributed by atoms with van der Waals surface area (Å²) in [6.07, 6.45) is 0. The summed E-state index contributed by atoms with van der Waals surface area (Å²) in [7, 11) is 0. The summed E-state index contributed by atoms with van der Waals surface area (Å²) in [6, 6.07) is 0.923. The van der Waals surface area contributed by atoms with Crippen molar-refractivity contribution in [3.05, 3.63) is 22.2 Å². The van der Waals surface area contributed by atoms with Gasteiger partial charge in [0.25, 0.3) is 0 Å². The van der Waals surface area contributed by atoms with Gasteiger partial charge in [-0.25, -0.2) is 8.78 Å². The van der Waals surface area contributed by atoms with Gasteiger partial charge in [-0.2, -0.15) is 5.26 Å². The monoisotopic (exact) mass is 264 g/mol. The van der Waals surface area contributed by atoms with Crippen LogP contribution in [0.5, 0.6) is 0 Å². The molecule has 0 saturated heterocycles. The van der Waals surface area contributed by atoms with E-state index in [0.29, 0.717) is 11.8 Å². The van der Waals surface area contributed by atoms with Crippen LogP contribution in [0.3, 0.4) is 0 Å². The fraction of sp³-hybridized carbons (Fsp3) is 0. The van der Waals surface area contributed by atoms with Gasteiger partial charge in [0.2, 0.25) is 0 Å². The summed E-state index contributed by atoms with van der Waals surface area (Å²) >= 11 is 3.30. The molecule has 0 radical (unpaired) electrons. The fourth-order valence-electron chi connectivity index (χ4n) is 0.733. The summed E-state index contributed by atoms with van der Waals surface area (Å²) in [5.41, 5.74) is 4.89. The number of nitriles is 1. The lowest BCUT2D eigenvalue weighted by Crippen LogP contribution is -1.97. The van der Waals surface area contributed by atoms with Crippen molar-refractivity contribution in [3.63, 3.8) is 0 Å². The molecule has 0 aliphatic heterocycles. The van der Waals surface area contributed by atoms with E-state index in [1.807, 2.05) is 0 Å². The van der Waals surface area contributed by atoms with Crippen LogP contribution in [0, 0.1) is 22.3 Å². The molecule has 68 valence electrons. The molecule has 0 bridgehead atoms. The zero-order chi connectivity index (χ0) is 10.0. The van der Waals surface area contributed by atoms with E-state index >= 15 is 0 Å². The van der Waals surface area contributed by atoms with Crippen LogP contribution in [0.1, 0.15) is 0 Å². The van der Waals surface area contributed by atoms with Crippen molar-refractivity contribution in [1.82, 2.24) is 0 Å². The van der Waals surface area contributed by atoms with Crippen LogP contribution in [0.4, 0.5) is 14.5 Å². The van der Waals surface area contributed by atoms with Gasteiger partial charge in [0.05, 0.1) is 15.1 Å². The maximum Gasteiger partial charge on any atom is 0.154 e. The number of hydrogen-bond donors (Lipinski definition) is 1. The highest BCUT2D eigenvalue weighted by Gasteiger charge is 2.15. The van der Waals surface area contributed by atoms with E-state index in [1.54, 1.807) is 5.40 Å². The van der Waals surface area contributed by atoms with Crippen LogP contribution in [0.25, 0.3) is 0 Å². The number of halogens is 3. The lowest BCUT2D eigenvalue weighted by atomic mass is 10.3. The van der Waals surface area contributed by atoms with Crippen LogP contribution < -0.4 is 5.73 Å². The van der Waals surface area contributed by atoms with Crippen LogP contribution in [-0.2, 0) is 0 Å². The largest absolute Gasteiger partial charge is 0.395 e. The van der Waals surface area contributed by atoms with Crippen molar-refractivity contribution in [2.24, 2.45) is 0 Å². The van der Waals surface area contributed by atoms with E-state index in [2.05, 4.69) is 15.9 Å². The zero-order valence-electron chi connectivity index (χ0n) is 6.14. The average Bonchev–Trinajstić information content (AvgIpc) is 2.09. The third-order valence-corrected chi connectivity index (χ3v) is 2.58. The first-order valence-corrected chi connectivity index (χ1v) is 4.67. The molecule has 0 aromatic heterocycles. The molecule has 1 aromatic rings. The molecule has 2 nitrogen and oxygen atoms in total. The first-order valence-electron chi connectivity index (χ1n) is 3.06. The van der Waals surface area contributed by atoms with Gasteiger partial charge >= 0.3 is 0 Å². The molecular formula is C7H3BrF2N2S. The number of rotatable bonds is 1. The van der Waals surface area contributed by atoms with Gasteiger partial charge in [0.1, 0.15) is 11.2 Å². The number of thioether (sulfide) groups is 1. The molecule has 1 aromatic carbocycles. The van der Waals surface area contributed by atoms with Crippen molar-refractivity contribution in [3.8, 4) is 5.40 Å². The minimum atomic E-state index is -0.744. The topological polar surface area (TPSA) is 49.8 Å². The van der Waals surface area contributed by atoms with Gasteiger partial charge in [-0.15, -0.1) is 0 Å². The SMILES string of the molecule is N#CSc1c(N)c(F)cc(Br)c1F. The summed E-state index contributed by atoms with van der Waals surface area (Å²) < 4.78 is 26.0. The number of thiocyanates is 1. The van der Waals surface area contributed by atoms with E-state index in [0.717, 1.165) is 6.07 Å². The Kier molecular flexibility index (Phi) is 3.12. The van der Waals surface area contributed by atoms with Gasteiger partial charge in [0, 0.05) is 0 Å². The molecular weight excluding hydrogens is 262 g/mol. The van der Waals surface area contributed by atoms with Crippen LogP contribution in [-0.4, -0.2) is 0 Å². The molecule has 0 spiro atoms. The highest BCUT2D eigenvalue weighted by Crippen LogP contribution is 2.33. The van der Waals surface area contributed by atoms with E-state index in [4.69, 9.17) is 11.0 Å². The zero-order valence-corrected chi connectivity index (χ0v) is 8.55. The van der Waals surface area contributed by atoms with Crippen molar-refractivity contribution in [1.29, 1.82) is 5.26 Å². The number of nitrogens with two attached hydrogens (primary N) is 1. The Labute approximate surface area is 85.9 Å². The summed E-state index contributed by atoms with van der Waals surface area (Å²) in [6.45, 7) is 0. The van der Waals surface area contributed by atoms with E-state index < -0.39 is 11.6 Å². The molecule has 0 amide bonds. The highest BCUT2D eigenvalue weighted by atomic mass is 79.9. The first-order chi connectivity index (χ1) is 6.07. The normalized spacial score (nSPS) is 9.69. The molecule has 0 heterocycles. The van der Waals surface area contributed by atoms with Gasteiger partial charge in [-0.05, 0) is 33.8 Å². The van der Waals surface area contributed by atoms with Gasteiger partial charge in [0.15, 0.2) is 5.82 Å². The Balaban J connectivity index is 3.39. The number of hydrogen-bond acceptors (Lipinski definition) is 3. The predicted octanol–water partition coefficient (Wildman–Crippen LogP) is 2.88. The fourth-order valence-corrected chi connectivity index (χ4v) is 1.76. The van der Waals surface area contributed by atoms with Crippen LogP contribution >= 0.6 is 27.7 Å². The van der Waals surface area contributed by atoms with Gasteiger partial charge in [-0.3, -0.25) is 0 Å². The molecule has 1 rings (SSSR count). The molecule has 0 atom stereocenters. The molecule has 0 aliphatic carbocycles. The van der Waals surface area contributed by atoms with Crippen molar-refractivity contribution in [2.45, 2.75) is 4.90 Å². The quantitative estimate of drug-likeness (QED) is 0.367. The Bertz CT molecular complexity index is 363. The number of anilines is 1. The Morgan fingerprint density at radius 1 is 1.54 bits per heavy atom. The van der Waals surface area contributed by atoms with Crippen molar-refractivity contribution in [2.75, 3.05) is 5.73 Å². The standard InChI is InChI=1S/C7H3BrF2N2S/c8-3-1-4(9)6(12)7(5(3)10)13-2-11/h1H,12H2. The molecule has 13 heavy (non-hydrogen) atoms.